The molecule has 1 amide bonds. The number of amides is 1. The van der Waals surface area contributed by atoms with Gasteiger partial charge in [0, 0.05) is 0 Å². The van der Waals surface area contributed by atoms with E-state index in [1.54, 1.807) is 0 Å². The van der Waals surface area contributed by atoms with Crippen molar-refractivity contribution < 1.29 is 24.9 Å². The molecule has 0 bridgehead atoms. The first-order valence-corrected chi connectivity index (χ1v) is 5.26. The van der Waals surface area contributed by atoms with Gasteiger partial charge < -0.3 is 36.1 Å². The number of aromatic amines is 1. The monoisotopic (exact) mass is 258 g/mol. The summed E-state index contributed by atoms with van der Waals surface area (Å²) in [4.78, 5) is 17.9. The second-order valence-electron chi connectivity index (χ2n) is 3.90. The Bertz CT molecular complexity index is 436. The zero-order chi connectivity index (χ0) is 13.3. The zero-order valence-electron chi connectivity index (χ0n) is 9.28. The largest absolute Gasteiger partial charge is 0.394 e. The Balaban J connectivity index is 2.03. The lowest BCUT2D eigenvalue weighted by Gasteiger charge is -2.15. The Morgan fingerprint density at radius 1 is 1.56 bits per heavy atom. The van der Waals surface area contributed by atoms with Crippen LogP contribution in [0.2, 0.25) is 0 Å². The molecule has 9 nitrogen and oxygen atoms in total. The van der Waals surface area contributed by atoms with E-state index >= 15 is 0 Å². The number of hydrogen-bond acceptors (Lipinski definition) is 7. The number of aliphatic hydroxyl groups excluding tert-OH is 3. The predicted molar refractivity (Wildman–Crippen MR) is 58.2 cm³/mol. The third kappa shape index (κ3) is 2.16. The third-order valence-electron chi connectivity index (χ3n) is 2.71. The molecular weight excluding hydrogens is 244 g/mol. The quantitative estimate of drug-likeness (QED) is 0.341. The van der Waals surface area contributed by atoms with Crippen LogP contribution in [0.25, 0.3) is 0 Å². The van der Waals surface area contributed by atoms with Crippen LogP contribution in [0.5, 0.6) is 0 Å². The lowest BCUT2D eigenvalue weighted by atomic mass is 10.1. The van der Waals surface area contributed by atoms with Crippen molar-refractivity contribution >= 4 is 11.7 Å². The van der Waals surface area contributed by atoms with E-state index in [-0.39, 0.29) is 11.5 Å². The van der Waals surface area contributed by atoms with Crippen molar-refractivity contribution in [2.24, 2.45) is 0 Å². The maximum absolute atomic E-state index is 11.7. The number of aliphatic hydroxyl groups is 3. The van der Waals surface area contributed by atoms with Gasteiger partial charge in [-0.25, -0.2) is 4.98 Å². The summed E-state index contributed by atoms with van der Waals surface area (Å²) in [6, 6.07) is 0. The van der Waals surface area contributed by atoms with Crippen molar-refractivity contribution in [1.29, 1.82) is 0 Å². The standard InChI is InChI=1S/C9H14N4O5/c10-7-4(11-2-12-7)8(17)13-9-6(16)5(15)3(1-14)18-9/h2-3,5-6,9,14-16H,1,10H2,(H,11,12)(H,13,17)/t3-,5-,6-,9?/m1/s1. The summed E-state index contributed by atoms with van der Waals surface area (Å²) >= 11 is 0. The molecule has 0 radical (unpaired) electrons. The van der Waals surface area contributed by atoms with E-state index in [0.717, 1.165) is 0 Å². The molecule has 18 heavy (non-hydrogen) atoms. The number of nitrogens with two attached hydrogens (primary N) is 1. The number of nitrogen functional groups attached to an aromatic ring is 1. The molecule has 1 fully saturated rings. The zero-order valence-corrected chi connectivity index (χ0v) is 9.28. The van der Waals surface area contributed by atoms with Crippen LogP contribution in [-0.4, -0.2) is 62.3 Å². The molecular formula is C9H14N4O5. The Morgan fingerprint density at radius 3 is 2.78 bits per heavy atom. The number of ether oxygens (including phenoxy) is 1. The van der Waals surface area contributed by atoms with Gasteiger partial charge in [-0.3, -0.25) is 4.79 Å². The fourth-order valence-corrected chi connectivity index (χ4v) is 1.71. The highest BCUT2D eigenvalue weighted by Crippen LogP contribution is 2.19. The smallest absolute Gasteiger partial charge is 0.273 e. The minimum absolute atomic E-state index is 0.0132. The average Bonchev–Trinajstić information content (AvgIpc) is 2.88. The van der Waals surface area contributed by atoms with Crippen LogP contribution >= 0.6 is 0 Å². The van der Waals surface area contributed by atoms with Crippen molar-refractivity contribution in [2.75, 3.05) is 12.3 Å². The van der Waals surface area contributed by atoms with E-state index in [2.05, 4.69) is 15.3 Å². The molecule has 0 saturated carbocycles. The molecule has 9 heteroatoms. The van der Waals surface area contributed by atoms with Gasteiger partial charge in [-0.05, 0) is 0 Å². The van der Waals surface area contributed by atoms with Crippen molar-refractivity contribution in [3.05, 3.63) is 12.0 Å². The highest BCUT2D eigenvalue weighted by Gasteiger charge is 2.43. The number of nitrogens with one attached hydrogen (secondary N) is 2. The first kappa shape index (κ1) is 12.8. The van der Waals surface area contributed by atoms with Crippen LogP contribution in [0, 0.1) is 0 Å². The number of imidazole rings is 1. The number of rotatable bonds is 3. The van der Waals surface area contributed by atoms with Crippen LogP contribution in [0.4, 0.5) is 5.82 Å². The highest BCUT2D eigenvalue weighted by molar-refractivity contribution is 5.96. The average molecular weight is 258 g/mol. The van der Waals surface area contributed by atoms with E-state index in [9.17, 15) is 15.0 Å². The van der Waals surface area contributed by atoms with Crippen molar-refractivity contribution in [2.45, 2.75) is 24.5 Å². The molecule has 2 rings (SSSR count). The number of carbonyl (C=O) groups excluding carboxylic acids is 1. The van der Waals surface area contributed by atoms with Crippen molar-refractivity contribution in [3.63, 3.8) is 0 Å². The molecule has 100 valence electrons. The third-order valence-corrected chi connectivity index (χ3v) is 2.71. The van der Waals surface area contributed by atoms with Crippen LogP contribution in [0.3, 0.4) is 0 Å². The fraction of sp³-hybridized carbons (Fsp3) is 0.556. The Morgan fingerprint density at radius 2 is 2.28 bits per heavy atom. The minimum Gasteiger partial charge on any atom is -0.394 e. The molecule has 1 aromatic heterocycles. The van der Waals surface area contributed by atoms with Gasteiger partial charge in [0.1, 0.15) is 24.0 Å². The maximum atomic E-state index is 11.7. The van der Waals surface area contributed by atoms with Gasteiger partial charge in [0.2, 0.25) is 0 Å². The Kier molecular flexibility index (Phi) is 3.48. The van der Waals surface area contributed by atoms with E-state index in [0.29, 0.717) is 0 Å². The topological polar surface area (TPSA) is 154 Å². The molecule has 1 aliphatic rings. The van der Waals surface area contributed by atoms with E-state index < -0.39 is 37.1 Å². The first-order chi connectivity index (χ1) is 8.54. The van der Waals surface area contributed by atoms with Gasteiger partial charge >= 0.3 is 0 Å². The van der Waals surface area contributed by atoms with Crippen LogP contribution in [0.15, 0.2) is 6.33 Å². The van der Waals surface area contributed by atoms with Crippen molar-refractivity contribution in [1.82, 2.24) is 15.3 Å². The maximum Gasteiger partial charge on any atom is 0.273 e. The van der Waals surface area contributed by atoms with E-state index in [1.807, 2.05) is 0 Å². The van der Waals surface area contributed by atoms with Gasteiger partial charge in [-0.15, -0.1) is 0 Å². The molecule has 0 spiro atoms. The van der Waals surface area contributed by atoms with E-state index in [1.165, 1.54) is 6.33 Å². The number of hydrogen-bond donors (Lipinski definition) is 6. The lowest BCUT2D eigenvalue weighted by Crippen LogP contribution is -2.44. The highest BCUT2D eigenvalue weighted by atomic mass is 16.6. The second kappa shape index (κ2) is 4.90. The number of nitrogens with zero attached hydrogens (tertiary/aromatic N) is 1. The van der Waals surface area contributed by atoms with Gasteiger partial charge in [0.05, 0.1) is 12.9 Å². The molecule has 4 atom stereocenters. The molecule has 1 aliphatic heterocycles. The number of H-pyrrole nitrogens is 1. The molecule has 1 saturated heterocycles. The summed E-state index contributed by atoms with van der Waals surface area (Å²) in [5.74, 6) is -0.612. The molecule has 7 N–H and O–H groups in total. The summed E-state index contributed by atoms with van der Waals surface area (Å²) in [6.45, 7) is -0.462. The fourth-order valence-electron chi connectivity index (χ4n) is 1.71. The molecule has 0 aliphatic carbocycles. The Labute approximate surface area is 102 Å². The van der Waals surface area contributed by atoms with Gasteiger partial charge in [-0.2, -0.15) is 0 Å². The summed E-state index contributed by atoms with van der Waals surface area (Å²) in [5, 5.41) is 30.3. The summed E-state index contributed by atoms with van der Waals surface area (Å²) in [7, 11) is 0. The Hall–Kier alpha value is -1.68. The summed E-state index contributed by atoms with van der Waals surface area (Å²) in [5.41, 5.74) is 5.47. The second-order valence-corrected chi connectivity index (χ2v) is 3.90. The van der Waals surface area contributed by atoms with Crippen LogP contribution in [0.1, 0.15) is 10.5 Å². The first-order valence-electron chi connectivity index (χ1n) is 5.26. The SMILES string of the molecule is Nc1nc[nH]c1C(=O)NC1O[C@H](CO)[C@@H](O)[C@H]1O. The summed E-state index contributed by atoms with van der Waals surface area (Å²) in [6.07, 6.45) is -3.40. The summed E-state index contributed by atoms with van der Waals surface area (Å²) < 4.78 is 5.09. The predicted octanol–water partition coefficient (Wildman–Crippen LogP) is -2.84. The molecule has 1 aromatic rings. The lowest BCUT2D eigenvalue weighted by molar-refractivity contribution is -0.0304. The molecule has 2 heterocycles. The van der Waals surface area contributed by atoms with Gasteiger partial charge in [-0.1, -0.05) is 0 Å². The molecule has 1 unspecified atom stereocenters. The number of carbonyl (C=O) groups is 1. The van der Waals surface area contributed by atoms with Gasteiger partial charge in [0.25, 0.3) is 5.91 Å². The normalized spacial score (nSPS) is 31.5. The van der Waals surface area contributed by atoms with E-state index in [4.69, 9.17) is 15.6 Å². The number of aromatic nitrogens is 2. The van der Waals surface area contributed by atoms with Gasteiger partial charge in [0.15, 0.2) is 12.0 Å². The van der Waals surface area contributed by atoms with Crippen LogP contribution in [-0.2, 0) is 4.74 Å². The van der Waals surface area contributed by atoms with Crippen LogP contribution < -0.4 is 11.1 Å². The van der Waals surface area contributed by atoms with Crippen molar-refractivity contribution in [3.8, 4) is 0 Å². The minimum atomic E-state index is -1.32. The number of anilines is 1. The molecule has 0 aromatic carbocycles.